The summed E-state index contributed by atoms with van der Waals surface area (Å²) in [7, 11) is 0. The summed E-state index contributed by atoms with van der Waals surface area (Å²) in [6, 6.07) is 13.4. The molecular weight excluding hydrogens is 531 g/mol. The smallest absolute Gasteiger partial charge is 0.416 e. The molecule has 1 aliphatic rings. The lowest BCUT2D eigenvalue weighted by Gasteiger charge is -2.13. The summed E-state index contributed by atoms with van der Waals surface area (Å²) in [6.45, 7) is -0.338. The number of nitrogens with zero attached hydrogens (tertiary/aromatic N) is 3. The molecule has 1 saturated heterocycles. The van der Waals surface area contributed by atoms with Crippen LogP contribution >= 0.6 is 11.8 Å². The topological polar surface area (TPSA) is 133 Å². The molecule has 0 saturated carbocycles. The fourth-order valence-corrected chi connectivity index (χ4v) is 4.33. The van der Waals surface area contributed by atoms with Crippen molar-refractivity contribution < 1.29 is 37.3 Å². The molecule has 3 aromatic carbocycles. The van der Waals surface area contributed by atoms with Gasteiger partial charge in [0.05, 0.1) is 26.9 Å². The second kappa shape index (κ2) is 10.3. The molecule has 0 N–H and O–H groups in total. The van der Waals surface area contributed by atoms with E-state index < -0.39 is 44.2 Å². The van der Waals surface area contributed by atoms with Gasteiger partial charge in [0.25, 0.3) is 16.8 Å². The molecule has 1 aliphatic heterocycles. The largest absolute Gasteiger partial charge is 0.449 e. The van der Waals surface area contributed by atoms with Crippen molar-refractivity contribution in [1.82, 2.24) is 4.90 Å². The van der Waals surface area contributed by atoms with Gasteiger partial charge in [-0.2, -0.15) is 13.2 Å². The molecule has 0 bridgehead atoms. The Labute approximate surface area is 215 Å². The van der Waals surface area contributed by atoms with Crippen LogP contribution in [0, 0.1) is 20.2 Å². The monoisotopic (exact) mass is 545 g/mol. The minimum Gasteiger partial charge on any atom is -0.449 e. The number of carbonyl (C=O) groups is 2. The summed E-state index contributed by atoms with van der Waals surface area (Å²) >= 11 is 0.578. The quantitative estimate of drug-likeness (QED) is 0.185. The Kier molecular flexibility index (Phi) is 7.17. The van der Waals surface area contributed by atoms with Crippen LogP contribution in [0.2, 0.25) is 0 Å². The van der Waals surface area contributed by atoms with Crippen molar-refractivity contribution in [3.05, 3.63) is 109 Å². The zero-order valence-electron chi connectivity index (χ0n) is 18.9. The first kappa shape index (κ1) is 26.3. The van der Waals surface area contributed by atoms with Gasteiger partial charge in [-0.1, -0.05) is 36.4 Å². The minimum absolute atomic E-state index is 0.0270. The summed E-state index contributed by atoms with van der Waals surface area (Å²) in [5.74, 6) is -1.22. The molecule has 194 valence electrons. The van der Waals surface area contributed by atoms with Gasteiger partial charge in [0.15, 0.2) is 0 Å². The molecule has 3 aromatic rings. The van der Waals surface area contributed by atoms with Crippen molar-refractivity contribution in [2.75, 3.05) is 0 Å². The third kappa shape index (κ3) is 5.49. The zero-order chi connectivity index (χ0) is 27.6. The highest BCUT2D eigenvalue weighted by Crippen LogP contribution is 2.40. The predicted octanol–water partition coefficient (Wildman–Crippen LogP) is 6.55. The van der Waals surface area contributed by atoms with Crippen LogP contribution < -0.4 is 4.74 Å². The summed E-state index contributed by atoms with van der Waals surface area (Å²) in [5, 5.41) is 22.0. The van der Waals surface area contributed by atoms with Gasteiger partial charge in [0.2, 0.25) is 5.75 Å². The van der Waals surface area contributed by atoms with Gasteiger partial charge in [0.1, 0.15) is 5.75 Å². The van der Waals surface area contributed by atoms with E-state index in [1.165, 1.54) is 48.5 Å². The van der Waals surface area contributed by atoms with E-state index in [9.17, 15) is 43.0 Å². The zero-order valence-corrected chi connectivity index (χ0v) is 19.7. The molecule has 14 heteroatoms. The van der Waals surface area contributed by atoms with E-state index in [1.807, 2.05) is 0 Å². The Balaban J connectivity index is 1.63. The molecular formula is C24H14F3N3O7S. The number of halogens is 3. The first-order valence-electron chi connectivity index (χ1n) is 10.6. The Morgan fingerprint density at radius 3 is 2.24 bits per heavy atom. The number of alkyl halides is 3. The van der Waals surface area contributed by atoms with E-state index in [0.717, 1.165) is 11.0 Å². The molecule has 0 aromatic heterocycles. The third-order valence-electron chi connectivity index (χ3n) is 5.30. The number of hydrogen-bond donors (Lipinski definition) is 0. The van der Waals surface area contributed by atoms with E-state index in [2.05, 4.69) is 0 Å². The number of carbonyl (C=O) groups excluding carboxylic acids is 2. The van der Waals surface area contributed by atoms with Crippen LogP contribution in [0.3, 0.4) is 0 Å². The number of nitro benzene ring substituents is 2. The predicted molar refractivity (Wildman–Crippen MR) is 129 cm³/mol. The molecule has 0 radical (unpaired) electrons. The lowest BCUT2D eigenvalue weighted by Crippen LogP contribution is -2.27. The van der Waals surface area contributed by atoms with Crippen LogP contribution in [-0.2, 0) is 17.5 Å². The van der Waals surface area contributed by atoms with Crippen LogP contribution in [0.4, 0.5) is 29.3 Å². The second-order valence-electron chi connectivity index (χ2n) is 7.73. The summed E-state index contributed by atoms with van der Waals surface area (Å²) in [5.41, 5.74) is -2.04. The van der Waals surface area contributed by atoms with Gasteiger partial charge >= 0.3 is 11.9 Å². The van der Waals surface area contributed by atoms with Crippen LogP contribution in [0.25, 0.3) is 6.08 Å². The normalized spacial score (nSPS) is 14.7. The molecule has 0 atom stereocenters. The van der Waals surface area contributed by atoms with Crippen LogP contribution in [-0.4, -0.2) is 25.9 Å². The van der Waals surface area contributed by atoms with Crippen LogP contribution in [0.5, 0.6) is 11.5 Å². The highest BCUT2D eigenvalue weighted by atomic mass is 32.2. The van der Waals surface area contributed by atoms with E-state index in [1.54, 1.807) is 6.07 Å². The number of benzene rings is 3. The molecule has 0 unspecified atom stereocenters. The van der Waals surface area contributed by atoms with Gasteiger partial charge < -0.3 is 4.74 Å². The SMILES string of the molecule is O=C1S/C(=C\c2ccccc2Oc2ccc(C(F)(F)F)cc2[N+](=O)[O-])C(=O)N1Cc1ccccc1[N+](=O)[O-]. The van der Waals surface area contributed by atoms with Crippen LogP contribution in [0.15, 0.2) is 71.6 Å². The highest BCUT2D eigenvalue weighted by Gasteiger charge is 2.37. The number of nitro groups is 2. The minimum atomic E-state index is -4.80. The van der Waals surface area contributed by atoms with Crippen molar-refractivity contribution in [1.29, 1.82) is 0 Å². The number of amides is 2. The Morgan fingerprint density at radius 1 is 0.895 bits per heavy atom. The molecule has 0 aliphatic carbocycles. The number of imide groups is 1. The molecule has 1 fully saturated rings. The lowest BCUT2D eigenvalue weighted by atomic mass is 10.1. The molecule has 38 heavy (non-hydrogen) atoms. The maximum atomic E-state index is 13.0. The first-order valence-corrected chi connectivity index (χ1v) is 11.4. The molecule has 4 rings (SSSR count). The van der Waals surface area contributed by atoms with E-state index >= 15 is 0 Å². The standard InChI is InChI=1S/C24H14F3N3O7S/c25-24(26,27)16-9-10-20(18(12-16)30(35)36)37-19-8-4-2-5-14(19)11-21-22(31)28(23(32)38-21)13-15-6-1-3-7-17(15)29(33)34/h1-12H,13H2/b21-11-. The van der Waals surface area contributed by atoms with Gasteiger partial charge in [0, 0.05) is 23.3 Å². The maximum Gasteiger partial charge on any atom is 0.416 e. The van der Waals surface area contributed by atoms with Crippen molar-refractivity contribution in [2.24, 2.45) is 0 Å². The average Bonchev–Trinajstić information content (AvgIpc) is 3.12. The van der Waals surface area contributed by atoms with E-state index in [0.29, 0.717) is 23.9 Å². The number of rotatable bonds is 7. The van der Waals surface area contributed by atoms with Gasteiger partial charge in [-0.15, -0.1) is 0 Å². The fourth-order valence-electron chi connectivity index (χ4n) is 3.50. The second-order valence-corrected chi connectivity index (χ2v) is 8.72. The highest BCUT2D eigenvalue weighted by molar-refractivity contribution is 8.18. The van der Waals surface area contributed by atoms with E-state index in [4.69, 9.17) is 4.74 Å². The van der Waals surface area contributed by atoms with Crippen molar-refractivity contribution >= 4 is 40.4 Å². The summed E-state index contributed by atoms with van der Waals surface area (Å²) in [6.07, 6.45) is -3.51. The molecule has 1 heterocycles. The van der Waals surface area contributed by atoms with Crippen molar-refractivity contribution in [3.63, 3.8) is 0 Å². The number of ether oxygens (including phenoxy) is 1. The summed E-state index contributed by atoms with van der Waals surface area (Å²) < 4.78 is 44.6. The number of hydrogen-bond acceptors (Lipinski definition) is 8. The van der Waals surface area contributed by atoms with Gasteiger partial charge in [-0.3, -0.25) is 34.7 Å². The first-order chi connectivity index (χ1) is 18.0. The van der Waals surface area contributed by atoms with Crippen molar-refractivity contribution in [3.8, 4) is 11.5 Å². The molecule has 0 spiro atoms. The molecule has 2 amide bonds. The molecule has 10 nitrogen and oxygen atoms in total. The van der Waals surface area contributed by atoms with Gasteiger partial charge in [-0.05, 0) is 36.0 Å². The summed E-state index contributed by atoms with van der Waals surface area (Å²) in [4.78, 5) is 47.3. The van der Waals surface area contributed by atoms with Crippen molar-refractivity contribution in [2.45, 2.75) is 12.7 Å². The fraction of sp³-hybridized carbons (Fsp3) is 0.0833. The number of para-hydroxylation sites is 2. The van der Waals surface area contributed by atoms with E-state index in [-0.39, 0.29) is 34.0 Å². The average molecular weight is 545 g/mol. The number of thioether (sulfide) groups is 1. The lowest BCUT2D eigenvalue weighted by molar-refractivity contribution is -0.385. The maximum absolute atomic E-state index is 13.0. The third-order valence-corrected chi connectivity index (χ3v) is 6.21. The van der Waals surface area contributed by atoms with Crippen LogP contribution in [0.1, 0.15) is 16.7 Å². The Morgan fingerprint density at radius 2 is 1.55 bits per heavy atom. The Hall–Kier alpha value is -4.72. The van der Waals surface area contributed by atoms with Gasteiger partial charge in [-0.25, -0.2) is 0 Å². The Bertz CT molecular complexity index is 1510.